The van der Waals surface area contributed by atoms with Gasteiger partial charge in [-0.25, -0.2) is 12.8 Å². The molecule has 0 saturated carbocycles. The molecule has 0 atom stereocenters. The van der Waals surface area contributed by atoms with Gasteiger partial charge >= 0.3 is 0 Å². The van der Waals surface area contributed by atoms with Gasteiger partial charge in [0.05, 0.1) is 16.1 Å². The molecular weight excluding hydrogens is 411 g/mol. The summed E-state index contributed by atoms with van der Waals surface area (Å²) in [6.45, 7) is 1.61. The first-order valence-corrected chi connectivity index (χ1v) is 10.4. The second-order valence-electron chi connectivity index (χ2n) is 6.58. The highest BCUT2D eigenvalue weighted by atomic mass is 32.2. The van der Waals surface area contributed by atoms with Crippen LogP contribution in [-0.4, -0.2) is 21.1 Å². The van der Waals surface area contributed by atoms with E-state index in [0.717, 1.165) is 12.1 Å². The van der Waals surface area contributed by atoms with Gasteiger partial charge in [-0.3, -0.25) is 9.52 Å². The van der Waals surface area contributed by atoms with Crippen LogP contribution in [0.25, 0.3) is 0 Å². The number of fused-ring (bicyclic) bond motifs is 1. The highest BCUT2D eigenvalue weighted by molar-refractivity contribution is 7.92. The smallest absolute Gasteiger partial charge is 0.262 e. The van der Waals surface area contributed by atoms with Crippen LogP contribution < -0.4 is 19.5 Å². The molecule has 4 rings (SSSR count). The summed E-state index contributed by atoms with van der Waals surface area (Å²) in [6, 6.07) is 14.5. The molecule has 0 spiro atoms. The summed E-state index contributed by atoms with van der Waals surface area (Å²) >= 11 is 0. The van der Waals surface area contributed by atoms with Crippen molar-refractivity contribution in [3.63, 3.8) is 0 Å². The Labute approximate surface area is 172 Å². The molecule has 1 aliphatic rings. The molecule has 0 aliphatic carbocycles. The van der Waals surface area contributed by atoms with Gasteiger partial charge in [0, 0.05) is 11.8 Å². The second-order valence-corrected chi connectivity index (χ2v) is 8.23. The second kappa shape index (κ2) is 7.68. The van der Waals surface area contributed by atoms with Gasteiger partial charge in [0.1, 0.15) is 5.82 Å². The summed E-state index contributed by atoms with van der Waals surface area (Å²) in [5.41, 5.74) is 0.944. The minimum atomic E-state index is -4.03. The van der Waals surface area contributed by atoms with E-state index in [4.69, 9.17) is 9.47 Å². The number of carbonyl (C=O) groups is 1. The molecule has 0 radical (unpaired) electrons. The van der Waals surface area contributed by atoms with Crippen molar-refractivity contribution in [2.75, 3.05) is 16.8 Å². The third-order valence-electron chi connectivity index (χ3n) is 4.47. The van der Waals surface area contributed by atoms with Gasteiger partial charge in [-0.1, -0.05) is 12.1 Å². The minimum absolute atomic E-state index is 0.0742. The zero-order valence-corrected chi connectivity index (χ0v) is 16.6. The normalized spacial score (nSPS) is 12.5. The van der Waals surface area contributed by atoms with E-state index < -0.39 is 21.7 Å². The highest BCUT2D eigenvalue weighted by Crippen LogP contribution is 2.34. The number of nitrogens with one attached hydrogen (secondary N) is 2. The van der Waals surface area contributed by atoms with Gasteiger partial charge < -0.3 is 14.8 Å². The SMILES string of the molecule is Cc1cc(F)ccc1S(=O)(=O)Nc1ccccc1C(=O)Nc1ccc2c(c1)OCO2. The van der Waals surface area contributed by atoms with Crippen molar-refractivity contribution in [2.45, 2.75) is 11.8 Å². The first-order valence-electron chi connectivity index (χ1n) is 8.92. The van der Waals surface area contributed by atoms with Gasteiger partial charge in [0.15, 0.2) is 11.5 Å². The number of halogens is 1. The van der Waals surface area contributed by atoms with Gasteiger partial charge in [0.2, 0.25) is 6.79 Å². The highest BCUT2D eigenvalue weighted by Gasteiger charge is 2.21. The fourth-order valence-electron chi connectivity index (χ4n) is 3.06. The number of amides is 1. The molecule has 154 valence electrons. The number of hydrogen-bond acceptors (Lipinski definition) is 5. The number of carbonyl (C=O) groups excluding carboxylic acids is 1. The number of sulfonamides is 1. The Hall–Kier alpha value is -3.59. The lowest BCUT2D eigenvalue weighted by atomic mass is 10.1. The van der Waals surface area contributed by atoms with E-state index in [1.165, 1.54) is 25.1 Å². The van der Waals surface area contributed by atoms with Crippen LogP contribution in [0.5, 0.6) is 11.5 Å². The maximum absolute atomic E-state index is 13.3. The topological polar surface area (TPSA) is 93.7 Å². The maximum Gasteiger partial charge on any atom is 0.262 e. The fraction of sp³-hybridized carbons (Fsp3) is 0.0952. The number of benzene rings is 3. The zero-order valence-electron chi connectivity index (χ0n) is 15.8. The third-order valence-corrected chi connectivity index (χ3v) is 6.00. The number of para-hydroxylation sites is 1. The largest absolute Gasteiger partial charge is 0.454 e. The van der Waals surface area contributed by atoms with Gasteiger partial charge in [-0.15, -0.1) is 0 Å². The summed E-state index contributed by atoms with van der Waals surface area (Å²) in [6.07, 6.45) is 0. The molecule has 0 aromatic heterocycles. The fourth-order valence-corrected chi connectivity index (χ4v) is 4.36. The van der Waals surface area contributed by atoms with E-state index in [0.29, 0.717) is 17.2 Å². The van der Waals surface area contributed by atoms with Crippen LogP contribution >= 0.6 is 0 Å². The quantitative estimate of drug-likeness (QED) is 0.643. The third kappa shape index (κ3) is 3.92. The summed E-state index contributed by atoms with van der Waals surface area (Å²) < 4.78 is 51.9. The van der Waals surface area contributed by atoms with E-state index in [2.05, 4.69) is 10.0 Å². The maximum atomic E-state index is 13.3. The van der Waals surface area contributed by atoms with Gasteiger partial charge in [-0.2, -0.15) is 0 Å². The summed E-state index contributed by atoms with van der Waals surface area (Å²) in [7, 11) is -4.03. The Kier molecular flexibility index (Phi) is 5.04. The predicted octanol–water partition coefficient (Wildman–Crippen LogP) is 3.92. The van der Waals surface area contributed by atoms with Crippen LogP contribution in [0.15, 0.2) is 65.6 Å². The van der Waals surface area contributed by atoms with E-state index in [1.807, 2.05) is 0 Å². The molecule has 3 aromatic rings. The van der Waals surface area contributed by atoms with Crippen molar-refractivity contribution in [1.29, 1.82) is 0 Å². The summed E-state index contributed by atoms with van der Waals surface area (Å²) in [4.78, 5) is 12.7. The van der Waals surface area contributed by atoms with Crippen molar-refractivity contribution in [3.8, 4) is 11.5 Å². The zero-order chi connectivity index (χ0) is 21.3. The monoisotopic (exact) mass is 428 g/mol. The molecular formula is C21H17FN2O5S. The van der Waals surface area contributed by atoms with E-state index in [9.17, 15) is 17.6 Å². The van der Waals surface area contributed by atoms with Crippen LogP contribution in [0.2, 0.25) is 0 Å². The minimum Gasteiger partial charge on any atom is -0.454 e. The predicted molar refractivity (Wildman–Crippen MR) is 109 cm³/mol. The molecule has 3 aromatic carbocycles. The Morgan fingerprint density at radius 1 is 1.00 bits per heavy atom. The van der Waals surface area contributed by atoms with E-state index >= 15 is 0 Å². The lowest BCUT2D eigenvalue weighted by molar-refractivity contribution is 0.102. The first kappa shape index (κ1) is 19.7. The molecule has 7 nitrogen and oxygen atoms in total. The number of rotatable bonds is 5. The average molecular weight is 428 g/mol. The molecule has 0 unspecified atom stereocenters. The Bertz CT molecular complexity index is 1240. The molecule has 0 saturated heterocycles. The van der Waals surface area contributed by atoms with Crippen LogP contribution in [0.4, 0.5) is 15.8 Å². The van der Waals surface area contributed by atoms with Gasteiger partial charge in [-0.05, 0) is 55.0 Å². The van der Waals surface area contributed by atoms with Crippen molar-refractivity contribution >= 4 is 27.3 Å². The first-order chi connectivity index (χ1) is 14.3. The van der Waals surface area contributed by atoms with Crippen molar-refractivity contribution in [1.82, 2.24) is 0 Å². The molecule has 1 heterocycles. The summed E-state index contributed by atoms with van der Waals surface area (Å²) in [5.74, 6) is 0.0438. The van der Waals surface area contributed by atoms with E-state index in [1.54, 1.807) is 30.3 Å². The molecule has 2 N–H and O–H groups in total. The molecule has 1 aliphatic heterocycles. The molecule has 1 amide bonds. The van der Waals surface area contributed by atoms with Crippen molar-refractivity contribution in [2.24, 2.45) is 0 Å². The molecule has 9 heteroatoms. The standard InChI is InChI=1S/C21H17FN2O5S/c1-13-10-14(22)6-9-20(13)30(26,27)24-17-5-3-2-4-16(17)21(25)23-15-7-8-18-19(11-15)29-12-28-18/h2-11,24H,12H2,1H3,(H,23,25). The van der Waals surface area contributed by atoms with Crippen LogP contribution in [0.1, 0.15) is 15.9 Å². The van der Waals surface area contributed by atoms with Crippen molar-refractivity contribution in [3.05, 3.63) is 77.6 Å². The molecule has 30 heavy (non-hydrogen) atoms. The summed E-state index contributed by atoms with van der Waals surface area (Å²) in [5, 5.41) is 2.71. The Morgan fingerprint density at radius 2 is 1.77 bits per heavy atom. The average Bonchev–Trinajstić information content (AvgIpc) is 3.15. The van der Waals surface area contributed by atoms with Crippen molar-refractivity contribution < 1.29 is 27.1 Å². The van der Waals surface area contributed by atoms with Gasteiger partial charge in [0.25, 0.3) is 15.9 Å². The molecule has 0 bridgehead atoms. The number of aryl methyl sites for hydroxylation is 1. The van der Waals surface area contributed by atoms with E-state index in [-0.39, 0.29) is 28.5 Å². The number of hydrogen-bond donors (Lipinski definition) is 2. The molecule has 0 fully saturated rings. The lowest BCUT2D eigenvalue weighted by Gasteiger charge is -2.14. The van der Waals surface area contributed by atoms with Crippen LogP contribution in [0.3, 0.4) is 0 Å². The lowest BCUT2D eigenvalue weighted by Crippen LogP contribution is -2.19. The van der Waals surface area contributed by atoms with Crippen LogP contribution in [0, 0.1) is 12.7 Å². The Balaban J connectivity index is 1.60. The Morgan fingerprint density at radius 3 is 2.57 bits per heavy atom. The van der Waals surface area contributed by atoms with Crippen LogP contribution in [-0.2, 0) is 10.0 Å². The number of anilines is 2. The number of ether oxygens (including phenoxy) is 2.